The van der Waals surface area contributed by atoms with E-state index in [9.17, 15) is 19.7 Å². The zero-order chi connectivity index (χ0) is 23.1. The largest absolute Gasteiger partial charge is 0.493 e. The Morgan fingerprint density at radius 3 is 2.33 bits per heavy atom. The predicted molar refractivity (Wildman–Crippen MR) is 118 cm³/mol. The average molecular weight is 447 g/mol. The molecule has 0 N–H and O–H groups in total. The number of amides is 2. The summed E-state index contributed by atoms with van der Waals surface area (Å²) in [4.78, 5) is 35.8. The number of fused-ring (bicyclic) bond motifs is 5. The number of carbonyl (C=O) groups excluding carboxylic acids is 2. The highest BCUT2D eigenvalue weighted by Gasteiger charge is 2.59. The number of benzene rings is 2. The number of hydrogen-bond acceptors (Lipinski definition) is 7. The molecule has 1 aliphatic heterocycles. The standard InChI is InChI=1S/C24H21N3O6/c1-32-20-10-15(4-9-19(20)33-13-14-2-7-18(8-3-14)27(30)31)12-25-26-23(28)21-16-5-6-17(11-16)22(21)24(26)29/h2-10,12,16-17,21-22H,11,13H2,1H3/b25-12-/t16-,17-,21-,22+/m0/s1. The minimum atomic E-state index is -0.454. The topological polar surface area (TPSA) is 111 Å². The maximum Gasteiger partial charge on any atom is 0.269 e. The minimum Gasteiger partial charge on any atom is -0.493 e. The second-order valence-electron chi connectivity index (χ2n) is 8.36. The Labute approximate surface area is 189 Å². The van der Waals surface area contributed by atoms with Gasteiger partial charge in [0.25, 0.3) is 17.5 Å². The number of rotatable bonds is 7. The van der Waals surface area contributed by atoms with Crippen molar-refractivity contribution in [3.63, 3.8) is 0 Å². The number of nitrogens with zero attached hydrogens (tertiary/aromatic N) is 3. The van der Waals surface area contributed by atoms with Gasteiger partial charge in [0.1, 0.15) is 6.61 Å². The van der Waals surface area contributed by atoms with Crippen molar-refractivity contribution in [2.75, 3.05) is 7.11 Å². The van der Waals surface area contributed by atoms with E-state index in [4.69, 9.17) is 9.47 Å². The lowest BCUT2D eigenvalue weighted by Gasteiger charge is -2.13. The van der Waals surface area contributed by atoms with Gasteiger partial charge in [-0.3, -0.25) is 19.7 Å². The van der Waals surface area contributed by atoms with Crippen LogP contribution < -0.4 is 9.47 Å². The van der Waals surface area contributed by atoms with Gasteiger partial charge in [-0.2, -0.15) is 10.1 Å². The fourth-order valence-corrected chi connectivity index (χ4v) is 4.88. The summed E-state index contributed by atoms with van der Waals surface area (Å²) in [6.45, 7) is 0.206. The van der Waals surface area contributed by atoms with Crippen molar-refractivity contribution < 1.29 is 24.0 Å². The van der Waals surface area contributed by atoms with E-state index in [1.54, 1.807) is 30.3 Å². The van der Waals surface area contributed by atoms with Crippen LogP contribution in [-0.2, 0) is 16.2 Å². The van der Waals surface area contributed by atoms with Crippen LogP contribution in [0.1, 0.15) is 17.5 Å². The van der Waals surface area contributed by atoms with Crippen molar-refractivity contribution in [3.05, 3.63) is 75.9 Å². The van der Waals surface area contributed by atoms with E-state index in [0.29, 0.717) is 17.1 Å². The lowest BCUT2D eigenvalue weighted by Crippen LogP contribution is -2.28. The average Bonchev–Trinajstić information content (AvgIpc) is 3.51. The summed E-state index contributed by atoms with van der Waals surface area (Å²) in [5.41, 5.74) is 1.43. The monoisotopic (exact) mass is 447 g/mol. The van der Waals surface area contributed by atoms with E-state index in [0.717, 1.165) is 17.0 Å². The Bertz CT molecular complexity index is 1160. The smallest absolute Gasteiger partial charge is 0.269 e. The number of nitro benzene ring substituents is 1. The number of carbonyl (C=O) groups is 2. The van der Waals surface area contributed by atoms with Crippen LogP contribution in [0.15, 0.2) is 59.7 Å². The van der Waals surface area contributed by atoms with Gasteiger partial charge in [-0.05, 0) is 59.7 Å². The van der Waals surface area contributed by atoms with E-state index in [1.165, 1.54) is 25.5 Å². The molecule has 1 saturated carbocycles. The third-order valence-electron chi connectivity index (χ3n) is 6.50. The Morgan fingerprint density at radius 2 is 1.73 bits per heavy atom. The normalized spacial score (nSPS) is 25.2. The first-order valence-corrected chi connectivity index (χ1v) is 10.6. The fourth-order valence-electron chi connectivity index (χ4n) is 4.88. The number of methoxy groups -OCH3 is 1. The van der Waals surface area contributed by atoms with E-state index in [-0.39, 0.29) is 47.8 Å². The summed E-state index contributed by atoms with van der Waals surface area (Å²) in [6, 6.07) is 11.3. The highest BCUT2D eigenvalue weighted by molar-refractivity contribution is 6.06. The molecule has 2 amide bonds. The van der Waals surface area contributed by atoms with Crippen LogP contribution in [0.5, 0.6) is 11.5 Å². The molecule has 0 unspecified atom stereocenters. The lowest BCUT2D eigenvalue weighted by atomic mass is 9.85. The molecule has 2 aromatic carbocycles. The molecule has 33 heavy (non-hydrogen) atoms. The highest BCUT2D eigenvalue weighted by atomic mass is 16.6. The van der Waals surface area contributed by atoms with Gasteiger partial charge in [0.05, 0.1) is 30.1 Å². The van der Waals surface area contributed by atoms with Gasteiger partial charge >= 0.3 is 0 Å². The molecule has 9 heteroatoms. The SMILES string of the molecule is COc1cc(/C=N\N2C(=O)[C@@H]3[C@H](C2=O)[C@H]2C=C[C@H]3C2)ccc1OCc1ccc([N+](=O)[O-])cc1. The summed E-state index contributed by atoms with van der Waals surface area (Å²) in [5, 5.41) is 16.0. The molecule has 9 nitrogen and oxygen atoms in total. The van der Waals surface area contributed by atoms with Crippen molar-refractivity contribution in [1.82, 2.24) is 5.01 Å². The van der Waals surface area contributed by atoms with Gasteiger partial charge < -0.3 is 9.47 Å². The van der Waals surface area contributed by atoms with Crippen LogP contribution in [0.3, 0.4) is 0 Å². The molecule has 4 atom stereocenters. The van der Waals surface area contributed by atoms with E-state index in [2.05, 4.69) is 5.10 Å². The van der Waals surface area contributed by atoms with Crippen LogP contribution in [0.4, 0.5) is 5.69 Å². The summed E-state index contributed by atoms with van der Waals surface area (Å²) in [6.07, 6.45) is 6.44. The van der Waals surface area contributed by atoms with Crippen molar-refractivity contribution in [2.24, 2.45) is 28.8 Å². The van der Waals surface area contributed by atoms with Gasteiger partial charge in [0, 0.05) is 12.1 Å². The first-order valence-electron chi connectivity index (χ1n) is 10.6. The third-order valence-corrected chi connectivity index (χ3v) is 6.50. The van der Waals surface area contributed by atoms with Gasteiger partial charge in [-0.1, -0.05) is 12.2 Å². The molecular formula is C24H21N3O6. The summed E-state index contributed by atoms with van der Waals surface area (Å²) in [5.74, 6) is 0.204. The van der Waals surface area contributed by atoms with Gasteiger partial charge in [0.15, 0.2) is 11.5 Å². The number of non-ortho nitro benzene ring substituents is 1. The number of nitro groups is 1. The van der Waals surface area contributed by atoms with Crippen LogP contribution in [0, 0.1) is 33.8 Å². The van der Waals surface area contributed by atoms with Crippen LogP contribution in [-0.4, -0.2) is 35.1 Å². The molecule has 0 radical (unpaired) electrons. The molecule has 1 saturated heterocycles. The van der Waals surface area contributed by atoms with Crippen LogP contribution in [0.2, 0.25) is 0 Å². The minimum absolute atomic E-state index is 0.0162. The Morgan fingerprint density at radius 1 is 1.06 bits per heavy atom. The molecule has 0 aromatic heterocycles. The lowest BCUT2D eigenvalue weighted by molar-refractivity contribution is -0.384. The van der Waals surface area contributed by atoms with Crippen molar-refractivity contribution >= 4 is 23.7 Å². The molecular weight excluding hydrogens is 426 g/mol. The zero-order valence-corrected chi connectivity index (χ0v) is 17.8. The molecule has 1 heterocycles. The van der Waals surface area contributed by atoms with Crippen molar-refractivity contribution in [3.8, 4) is 11.5 Å². The second kappa shape index (κ2) is 8.16. The molecule has 3 aliphatic rings. The first-order chi connectivity index (χ1) is 16.0. The zero-order valence-electron chi connectivity index (χ0n) is 17.8. The highest BCUT2D eigenvalue weighted by Crippen LogP contribution is 2.52. The molecule has 5 rings (SSSR count). The van der Waals surface area contributed by atoms with Gasteiger partial charge in [-0.25, -0.2) is 0 Å². The van der Waals surface area contributed by atoms with Crippen LogP contribution >= 0.6 is 0 Å². The Hall–Kier alpha value is -4.01. The first kappa shape index (κ1) is 20.9. The maximum absolute atomic E-state index is 12.7. The van der Waals surface area contributed by atoms with E-state index >= 15 is 0 Å². The van der Waals surface area contributed by atoms with Crippen molar-refractivity contribution in [2.45, 2.75) is 13.0 Å². The fraction of sp³-hybridized carbons (Fsp3) is 0.292. The van der Waals surface area contributed by atoms with E-state index < -0.39 is 4.92 Å². The number of hydrazone groups is 1. The predicted octanol–water partition coefficient (Wildman–Crippen LogP) is 3.32. The van der Waals surface area contributed by atoms with E-state index in [1.807, 2.05) is 12.2 Å². The molecule has 168 valence electrons. The van der Waals surface area contributed by atoms with Gasteiger partial charge in [-0.15, -0.1) is 0 Å². The molecule has 2 fully saturated rings. The molecule has 2 aromatic rings. The maximum atomic E-state index is 12.7. The number of allylic oxidation sites excluding steroid dienone is 2. The van der Waals surface area contributed by atoms with Crippen molar-refractivity contribution in [1.29, 1.82) is 0 Å². The molecule has 0 spiro atoms. The molecule has 2 bridgehead atoms. The number of hydrogen-bond donors (Lipinski definition) is 0. The summed E-state index contributed by atoms with van der Waals surface area (Å²) in [7, 11) is 1.51. The second-order valence-corrected chi connectivity index (χ2v) is 8.36. The van der Waals surface area contributed by atoms with Crippen LogP contribution in [0.25, 0.3) is 0 Å². The molecule has 2 aliphatic carbocycles. The quantitative estimate of drug-likeness (QED) is 0.212. The van der Waals surface area contributed by atoms with Gasteiger partial charge in [0.2, 0.25) is 0 Å². The Balaban J connectivity index is 1.26. The number of ether oxygens (including phenoxy) is 2. The summed E-state index contributed by atoms with van der Waals surface area (Å²) >= 11 is 0. The number of imide groups is 1. The summed E-state index contributed by atoms with van der Waals surface area (Å²) < 4.78 is 11.2. The third kappa shape index (κ3) is 3.65. The Kier molecular flexibility index (Phi) is 5.16.